The molecule has 0 aromatic rings. The van der Waals surface area contributed by atoms with Crippen molar-refractivity contribution < 1.29 is 0 Å². The molecule has 2 aliphatic heterocycles. The number of nitrogens with zero attached hydrogens (tertiary/aromatic N) is 1. The minimum atomic E-state index is 0.799. The molecule has 2 nitrogen and oxygen atoms in total. The highest BCUT2D eigenvalue weighted by Crippen LogP contribution is 2.27. The predicted molar refractivity (Wildman–Crippen MR) is 59.4 cm³/mol. The minimum Gasteiger partial charge on any atom is -0.314 e. The van der Waals surface area contributed by atoms with E-state index in [1.807, 2.05) is 11.8 Å². The van der Waals surface area contributed by atoms with Gasteiger partial charge in [0.15, 0.2) is 0 Å². The third-order valence-electron chi connectivity index (χ3n) is 3.46. The standard InChI is InChI=1S/C10H20N2S/c1-8-4-3-5-12(8)9-6-11-7-10(9)13-2/h8-11H,3-7H2,1-2H3. The van der Waals surface area contributed by atoms with Gasteiger partial charge in [-0.2, -0.15) is 11.8 Å². The minimum absolute atomic E-state index is 0.799. The van der Waals surface area contributed by atoms with Crippen molar-refractivity contribution in [1.82, 2.24) is 10.2 Å². The molecule has 0 bridgehead atoms. The highest BCUT2D eigenvalue weighted by molar-refractivity contribution is 7.99. The fourth-order valence-electron chi connectivity index (χ4n) is 2.66. The fourth-order valence-corrected chi connectivity index (χ4v) is 3.51. The molecule has 2 fully saturated rings. The fraction of sp³-hybridized carbons (Fsp3) is 1.00. The van der Waals surface area contributed by atoms with Crippen molar-refractivity contribution >= 4 is 11.8 Å². The van der Waals surface area contributed by atoms with Crippen LogP contribution in [0.25, 0.3) is 0 Å². The van der Waals surface area contributed by atoms with Crippen LogP contribution in [0.15, 0.2) is 0 Å². The summed E-state index contributed by atoms with van der Waals surface area (Å²) in [6.07, 6.45) is 5.04. The lowest BCUT2D eigenvalue weighted by atomic mass is 10.2. The molecular formula is C10H20N2S. The van der Waals surface area contributed by atoms with Crippen LogP contribution < -0.4 is 5.32 Å². The lowest BCUT2D eigenvalue weighted by Crippen LogP contribution is -2.43. The zero-order chi connectivity index (χ0) is 9.26. The summed E-state index contributed by atoms with van der Waals surface area (Å²) in [4.78, 5) is 2.71. The van der Waals surface area contributed by atoms with Crippen molar-refractivity contribution in [2.45, 2.75) is 37.1 Å². The van der Waals surface area contributed by atoms with Crippen molar-refractivity contribution in [3.63, 3.8) is 0 Å². The van der Waals surface area contributed by atoms with Crippen LogP contribution in [0.2, 0.25) is 0 Å². The van der Waals surface area contributed by atoms with E-state index in [2.05, 4.69) is 23.4 Å². The number of nitrogens with one attached hydrogen (secondary N) is 1. The highest BCUT2D eigenvalue weighted by atomic mass is 32.2. The summed E-state index contributed by atoms with van der Waals surface area (Å²) in [5, 5.41) is 4.33. The van der Waals surface area contributed by atoms with E-state index >= 15 is 0 Å². The smallest absolute Gasteiger partial charge is 0.0354 e. The summed E-state index contributed by atoms with van der Waals surface area (Å²) in [6, 6.07) is 1.62. The summed E-state index contributed by atoms with van der Waals surface area (Å²) in [7, 11) is 0. The van der Waals surface area contributed by atoms with Gasteiger partial charge < -0.3 is 5.32 Å². The quantitative estimate of drug-likeness (QED) is 0.720. The van der Waals surface area contributed by atoms with Gasteiger partial charge in [0.25, 0.3) is 0 Å². The van der Waals surface area contributed by atoms with Gasteiger partial charge in [-0.15, -0.1) is 0 Å². The topological polar surface area (TPSA) is 15.3 Å². The first-order valence-electron chi connectivity index (χ1n) is 5.32. The number of thioether (sulfide) groups is 1. The van der Waals surface area contributed by atoms with Gasteiger partial charge in [0.1, 0.15) is 0 Å². The summed E-state index contributed by atoms with van der Waals surface area (Å²) in [5.74, 6) is 0. The van der Waals surface area contributed by atoms with Crippen molar-refractivity contribution in [3.05, 3.63) is 0 Å². The average molecular weight is 200 g/mol. The van der Waals surface area contributed by atoms with Crippen LogP contribution in [0, 0.1) is 0 Å². The molecule has 0 radical (unpaired) electrons. The molecule has 3 atom stereocenters. The second kappa shape index (κ2) is 4.20. The van der Waals surface area contributed by atoms with Crippen LogP contribution in [0.3, 0.4) is 0 Å². The number of hydrogen-bond acceptors (Lipinski definition) is 3. The average Bonchev–Trinajstić information content (AvgIpc) is 2.71. The maximum absolute atomic E-state index is 3.51. The Labute approximate surface area is 85.4 Å². The third kappa shape index (κ3) is 1.88. The van der Waals surface area contributed by atoms with Gasteiger partial charge in [-0.05, 0) is 32.6 Å². The van der Waals surface area contributed by atoms with E-state index < -0.39 is 0 Å². The molecule has 2 rings (SSSR count). The maximum atomic E-state index is 3.51. The van der Waals surface area contributed by atoms with Crippen LogP contribution in [0.5, 0.6) is 0 Å². The molecule has 3 heteroatoms. The molecule has 3 unspecified atom stereocenters. The SMILES string of the molecule is CSC1CNCC1N1CCCC1C. The lowest BCUT2D eigenvalue weighted by Gasteiger charge is -2.31. The van der Waals surface area contributed by atoms with Crippen LogP contribution in [-0.2, 0) is 0 Å². The molecule has 0 aliphatic carbocycles. The Hall–Kier alpha value is 0.270. The molecule has 76 valence electrons. The Morgan fingerprint density at radius 3 is 2.85 bits per heavy atom. The van der Waals surface area contributed by atoms with Gasteiger partial charge in [-0.1, -0.05) is 0 Å². The molecular weight excluding hydrogens is 180 g/mol. The Morgan fingerprint density at radius 1 is 1.38 bits per heavy atom. The van der Waals surface area contributed by atoms with E-state index in [1.165, 1.54) is 32.5 Å². The molecule has 1 N–H and O–H groups in total. The maximum Gasteiger partial charge on any atom is 0.0354 e. The zero-order valence-electron chi connectivity index (χ0n) is 8.62. The third-order valence-corrected chi connectivity index (χ3v) is 4.55. The molecule has 13 heavy (non-hydrogen) atoms. The largest absolute Gasteiger partial charge is 0.314 e. The van der Waals surface area contributed by atoms with Crippen LogP contribution >= 0.6 is 11.8 Å². The molecule has 2 aliphatic rings. The van der Waals surface area contributed by atoms with Gasteiger partial charge in [0.2, 0.25) is 0 Å². The number of hydrogen-bond donors (Lipinski definition) is 1. The molecule has 0 amide bonds. The van der Waals surface area contributed by atoms with Gasteiger partial charge in [0.05, 0.1) is 0 Å². The molecule has 0 aromatic heterocycles. The van der Waals surface area contributed by atoms with E-state index in [1.54, 1.807) is 0 Å². The normalized spacial score (nSPS) is 41.5. The van der Waals surface area contributed by atoms with E-state index in [-0.39, 0.29) is 0 Å². The Bertz CT molecular complexity index is 174. The highest BCUT2D eigenvalue weighted by Gasteiger charge is 2.35. The lowest BCUT2D eigenvalue weighted by molar-refractivity contribution is 0.206. The summed E-state index contributed by atoms with van der Waals surface area (Å²) < 4.78 is 0. The first kappa shape index (κ1) is 9.81. The van der Waals surface area contributed by atoms with Gasteiger partial charge in [-0.3, -0.25) is 4.90 Å². The van der Waals surface area contributed by atoms with Crippen molar-refractivity contribution in [1.29, 1.82) is 0 Å². The Kier molecular flexibility index (Phi) is 3.17. The first-order valence-corrected chi connectivity index (χ1v) is 6.61. The van der Waals surface area contributed by atoms with Crippen molar-refractivity contribution in [2.24, 2.45) is 0 Å². The van der Waals surface area contributed by atoms with Crippen LogP contribution in [0.1, 0.15) is 19.8 Å². The molecule has 2 saturated heterocycles. The second-order valence-electron chi connectivity index (χ2n) is 4.23. The number of rotatable bonds is 2. The Morgan fingerprint density at radius 2 is 2.23 bits per heavy atom. The van der Waals surface area contributed by atoms with Crippen LogP contribution in [0.4, 0.5) is 0 Å². The molecule has 0 spiro atoms. The van der Waals surface area contributed by atoms with Crippen molar-refractivity contribution in [2.75, 3.05) is 25.9 Å². The van der Waals surface area contributed by atoms with E-state index in [0.29, 0.717) is 0 Å². The second-order valence-corrected chi connectivity index (χ2v) is 5.31. The summed E-state index contributed by atoms with van der Waals surface area (Å²) in [6.45, 7) is 6.11. The zero-order valence-corrected chi connectivity index (χ0v) is 9.44. The van der Waals surface area contributed by atoms with E-state index in [9.17, 15) is 0 Å². The van der Waals surface area contributed by atoms with E-state index in [0.717, 1.165) is 17.3 Å². The van der Waals surface area contributed by atoms with Gasteiger partial charge in [0, 0.05) is 30.4 Å². The molecule has 0 aromatic carbocycles. The van der Waals surface area contributed by atoms with E-state index in [4.69, 9.17) is 0 Å². The summed E-state index contributed by atoms with van der Waals surface area (Å²) >= 11 is 2.03. The monoisotopic (exact) mass is 200 g/mol. The van der Waals surface area contributed by atoms with Crippen molar-refractivity contribution in [3.8, 4) is 0 Å². The number of likely N-dealkylation sites (tertiary alicyclic amines) is 1. The first-order chi connectivity index (χ1) is 6.33. The van der Waals surface area contributed by atoms with Gasteiger partial charge >= 0.3 is 0 Å². The van der Waals surface area contributed by atoms with Crippen LogP contribution in [-0.4, -0.2) is 48.1 Å². The predicted octanol–water partition coefficient (Wildman–Crippen LogP) is 1.17. The molecule has 2 heterocycles. The van der Waals surface area contributed by atoms with Gasteiger partial charge in [-0.25, -0.2) is 0 Å². The Balaban J connectivity index is 1.98. The molecule has 0 saturated carbocycles. The summed E-state index contributed by atoms with van der Waals surface area (Å²) in [5.41, 5.74) is 0.